The van der Waals surface area contributed by atoms with E-state index >= 15 is 0 Å². The topological polar surface area (TPSA) is 102 Å². The Morgan fingerprint density at radius 2 is 1.89 bits per heavy atom. The summed E-state index contributed by atoms with van der Waals surface area (Å²) in [4.78, 5) is 24.7. The van der Waals surface area contributed by atoms with Gasteiger partial charge in [-0.15, -0.1) is 0 Å². The Labute approximate surface area is 229 Å². The van der Waals surface area contributed by atoms with E-state index in [0.717, 1.165) is 0 Å². The van der Waals surface area contributed by atoms with Crippen molar-refractivity contribution in [1.82, 2.24) is 5.43 Å². The van der Waals surface area contributed by atoms with Crippen LogP contribution < -0.4 is 20.2 Å². The van der Waals surface area contributed by atoms with E-state index < -0.39 is 17.6 Å². The molecule has 0 atom stereocenters. The summed E-state index contributed by atoms with van der Waals surface area (Å²) in [6, 6.07) is 15.5. The highest BCUT2D eigenvalue weighted by atomic mass is 127. The average molecular weight is 636 g/mol. The third kappa shape index (κ3) is 6.98. The molecule has 0 spiro atoms. The molecule has 1 heterocycles. The molecule has 11 heteroatoms. The first-order valence-corrected chi connectivity index (χ1v) is 12.4. The highest BCUT2D eigenvalue weighted by molar-refractivity contribution is 14.1. The number of hydrazone groups is 1. The predicted octanol–water partition coefficient (Wildman–Crippen LogP) is 6.01. The molecule has 4 aromatic rings. The molecule has 0 saturated carbocycles. The van der Waals surface area contributed by atoms with Gasteiger partial charge in [0.05, 0.1) is 16.4 Å². The van der Waals surface area contributed by atoms with E-state index in [9.17, 15) is 14.0 Å². The SMILES string of the molecule is CCOc1cc(/C=N/NC(=O)c2cc3cc(Cl)ccc3o2)cc(I)c1OCC(=O)Nc1ccc(F)cc1. The average Bonchev–Trinajstić information content (AvgIpc) is 3.28. The highest BCUT2D eigenvalue weighted by Crippen LogP contribution is 2.34. The molecule has 4 rings (SSSR count). The van der Waals surface area contributed by atoms with Gasteiger partial charge in [-0.05, 0) is 95.7 Å². The van der Waals surface area contributed by atoms with Gasteiger partial charge in [-0.1, -0.05) is 11.6 Å². The van der Waals surface area contributed by atoms with E-state index in [4.69, 9.17) is 25.5 Å². The Kier molecular flexibility index (Phi) is 8.62. The lowest BCUT2D eigenvalue weighted by atomic mass is 10.2. The smallest absolute Gasteiger partial charge is 0.307 e. The fourth-order valence-electron chi connectivity index (χ4n) is 3.28. The molecule has 37 heavy (non-hydrogen) atoms. The van der Waals surface area contributed by atoms with Gasteiger partial charge in [0.2, 0.25) is 0 Å². The number of carbonyl (C=O) groups is 2. The zero-order valence-electron chi connectivity index (χ0n) is 19.4. The van der Waals surface area contributed by atoms with Crippen molar-refractivity contribution in [3.05, 3.63) is 86.4 Å². The zero-order chi connectivity index (χ0) is 26.4. The number of rotatable bonds is 9. The molecule has 0 aliphatic carbocycles. The van der Waals surface area contributed by atoms with Crippen LogP contribution in [-0.2, 0) is 4.79 Å². The summed E-state index contributed by atoms with van der Waals surface area (Å²) in [7, 11) is 0. The second kappa shape index (κ2) is 12.1. The number of halogens is 3. The van der Waals surface area contributed by atoms with Gasteiger partial charge in [-0.2, -0.15) is 5.10 Å². The van der Waals surface area contributed by atoms with Crippen LogP contribution in [0, 0.1) is 9.39 Å². The summed E-state index contributed by atoms with van der Waals surface area (Å²) in [6.07, 6.45) is 1.45. The normalized spacial score (nSPS) is 11.0. The fourth-order valence-corrected chi connectivity index (χ4v) is 4.24. The summed E-state index contributed by atoms with van der Waals surface area (Å²) in [5.74, 6) is -0.429. The van der Waals surface area contributed by atoms with Crippen molar-refractivity contribution >= 4 is 68.9 Å². The Morgan fingerprint density at radius 1 is 1.11 bits per heavy atom. The number of benzene rings is 3. The molecule has 190 valence electrons. The Hall–Kier alpha value is -3.64. The molecule has 0 radical (unpaired) electrons. The minimum absolute atomic E-state index is 0.0988. The van der Waals surface area contributed by atoms with Crippen LogP contribution in [0.1, 0.15) is 23.0 Å². The lowest BCUT2D eigenvalue weighted by Crippen LogP contribution is -2.20. The van der Waals surface area contributed by atoms with Crippen molar-refractivity contribution in [2.75, 3.05) is 18.5 Å². The van der Waals surface area contributed by atoms with Crippen LogP contribution in [0.3, 0.4) is 0 Å². The zero-order valence-corrected chi connectivity index (χ0v) is 22.3. The van der Waals surface area contributed by atoms with E-state index in [2.05, 4.69) is 38.4 Å². The maximum Gasteiger partial charge on any atom is 0.307 e. The van der Waals surface area contributed by atoms with Crippen molar-refractivity contribution in [3.63, 3.8) is 0 Å². The molecule has 2 N–H and O–H groups in total. The third-order valence-corrected chi connectivity index (χ3v) is 5.93. The molecular weight excluding hydrogens is 616 g/mol. The monoisotopic (exact) mass is 635 g/mol. The Balaban J connectivity index is 1.41. The number of nitrogens with one attached hydrogen (secondary N) is 2. The lowest BCUT2D eigenvalue weighted by Gasteiger charge is -2.14. The van der Waals surface area contributed by atoms with Gasteiger partial charge < -0.3 is 19.2 Å². The van der Waals surface area contributed by atoms with Crippen LogP contribution in [0.2, 0.25) is 5.02 Å². The molecule has 2 amide bonds. The van der Waals surface area contributed by atoms with Crippen molar-refractivity contribution in [2.24, 2.45) is 5.10 Å². The van der Waals surface area contributed by atoms with Crippen LogP contribution in [0.5, 0.6) is 11.5 Å². The number of nitrogens with zero attached hydrogens (tertiary/aromatic N) is 1. The molecule has 0 unspecified atom stereocenters. The van der Waals surface area contributed by atoms with Gasteiger partial charge in [0, 0.05) is 16.1 Å². The van der Waals surface area contributed by atoms with Crippen molar-refractivity contribution < 1.29 is 27.9 Å². The van der Waals surface area contributed by atoms with E-state index in [0.29, 0.717) is 48.9 Å². The molecule has 3 aromatic carbocycles. The molecule has 0 aliphatic heterocycles. The van der Waals surface area contributed by atoms with Gasteiger partial charge >= 0.3 is 5.91 Å². The minimum atomic E-state index is -0.518. The van der Waals surface area contributed by atoms with Crippen molar-refractivity contribution in [1.29, 1.82) is 0 Å². The second-order valence-corrected chi connectivity index (χ2v) is 9.20. The van der Waals surface area contributed by atoms with E-state index in [1.807, 2.05) is 6.92 Å². The summed E-state index contributed by atoms with van der Waals surface area (Å²) < 4.78 is 30.6. The number of furan rings is 1. The fraction of sp³-hybridized carbons (Fsp3) is 0.115. The molecule has 0 bridgehead atoms. The molecule has 1 aromatic heterocycles. The number of ether oxygens (including phenoxy) is 2. The minimum Gasteiger partial charge on any atom is -0.490 e. The first-order valence-electron chi connectivity index (χ1n) is 11.0. The number of hydrogen-bond donors (Lipinski definition) is 2. The largest absolute Gasteiger partial charge is 0.490 e. The molecule has 0 saturated heterocycles. The Bertz CT molecular complexity index is 1470. The van der Waals surface area contributed by atoms with Crippen molar-refractivity contribution in [3.8, 4) is 11.5 Å². The number of amides is 2. The van der Waals surface area contributed by atoms with Gasteiger partial charge in [0.15, 0.2) is 23.9 Å². The summed E-state index contributed by atoms with van der Waals surface area (Å²) in [5.41, 5.74) is 4.05. The lowest BCUT2D eigenvalue weighted by molar-refractivity contribution is -0.118. The van der Waals surface area contributed by atoms with Gasteiger partial charge in [-0.25, -0.2) is 9.82 Å². The summed E-state index contributed by atoms with van der Waals surface area (Å²) in [5, 5.41) is 7.89. The number of carbonyl (C=O) groups excluding carboxylic acids is 2. The van der Waals surface area contributed by atoms with Crippen molar-refractivity contribution in [2.45, 2.75) is 6.92 Å². The maximum atomic E-state index is 13.0. The number of fused-ring (bicyclic) bond motifs is 1. The molecule has 8 nitrogen and oxygen atoms in total. The van der Waals surface area contributed by atoms with E-state index in [-0.39, 0.29) is 12.4 Å². The van der Waals surface area contributed by atoms with Gasteiger partial charge in [0.1, 0.15) is 11.4 Å². The summed E-state index contributed by atoms with van der Waals surface area (Å²) >= 11 is 8.03. The van der Waals surface area contributed by atoms with Crippen LogP contribution in [0.15, 0.2) is 70.2 Å². The number of anilines is 1. The first kappa shape index (κ1) is 26.4. The highest BCUT2D eigenvalue weighted by Gasteiger charge is 2.15. The summed E-state index contributed by atoms with van der Waals surface area (Å²) in [6.45, 7) is 1.90. The van der Waals surface area contributed by atoms with E-state index in [1.54, 1.807) is 36.4 Å². The van der Waals surface area contributed by atoms with Crippen LogP contribution in [-0.4, -0.2) is 31.2 Å². The molecular formula is C26H20ClFIN3O5. The first-order chi connectivity index (χ1) is 17.8. The standard InChI is InChI=1S/C26H20ClFIN3O5/c1-2-35-22-10-15(13-30-32-26(34)23-12-16-11-17(27)3-8-21(16)37-23)9-20(29)25(22)36-14-24(33)31-19-6-4-18(28)5-7-19/h3-13H,2,14H2,1H3,(H,31,33)(H,32,34)/b30-13+. The molecule has 0 aliphatic rings. The number of hydrogen-bond acceptors (Lipinski definition) is 6. The third-order valence-electron chi connectivity index (χ3n) is 4.89. The van der Waals surface area contributed by atoms with Gasteiger partial charge in [-0.3, -0.25) is 9.59 Å². The Morgan fingerprint density at radius 3 is 2.65 bits per heavy atom. The molecule has 0 fully saturated rings. The second-order valence-electron chi connectivity index (χ2n) is 7.60. The van der Waals surface area contributed by atoms with Crippen LogP contribution in [0.25, 0.3) is 11.0 Å². The van der Waals surface area contributed by atoms with Gasteiger partial charge in [0.25, 0.3) is 5.91 Å². The quantitative estimate of drug-likeness (QED) is 0.133. The predicted molar refractivity (Wildman–Crippen MR) is 147 cm³/mol. The van der Waals surface area contributed by atoms with E-state index in [1.165, 1.54) is 30.5 Å². The van der Waals surface area contributed by atoms with Crippen LogP contribution >= 0.6 is 34.2 Å². The van der Waals surface area contributed by atoms with Crippen LogP contribution in [0.4, 0.5) is 10.1 Å². The maximum absolute atomic E-state index is 13.0.